The summed E-state index contributed by atoms with van der Waals surface area (Å²) in [6.07, 6.45) is 1.52. The van der Waals surface area contributed by atoms with Crippen LogP contribution in [0.15, 0.2) is 34.9 Å². The molecule has 1 aromatic carbocycles. The van der Waals surface area contributed by atoms with Crippen LogP contribution >= 0.6 is 27.5 Å². The zero-order valence-corrected chi connectivity index (χ0v) is 11.4. The van der Waals surface area contributed by atoms with E-state index >= 15 is 0 Å². The lowest BCUT2D eigenvalue weighted by atomic mass is 10.2. The first-order valence-corrected chi connectivity index (χ1v) is 6.22. The van der Waals surface area contributed by atoms with Crippen molar-refractivity contribution >= 4 is 33.2 Å². The summed E-state index contributed by atoms with van der Waals surface area (Å²) >= 11 is 8.98. The van der Waals surface area contributed by atoms with E-state index in [2.05, 4.69) is 26.2 Å². The van der Waals surface area contributed by atoms with Crippen molar-refractivity contribution in [2.45, 2.75) is 6.54 Å². The molecular formula is C12H8BrClF2N2. The molecule has 0 radical (unpaired) electrons. The lowest BCUT2D eigenvalue weighted by Crippen LogP contribution is -2.02. The number of nitrogens with zero attached hydrogens (tertiary/aromatic N) is 1. The van der Waals surface area contributed by atoms with Crippen molar-refractivity contribution in [1.29, 1.82) is 0 Å². The topological polar surface area (TPSA) is 24.9 Å². The summed E-state index contributed by atoms with van der Waals surface area (Å²) in [4.78, 5) is 3.92. The molecule has 0 fully saturated rings. The molecule has 18 heavy (non-hydrogen) atoms. The van der Waals surface area contributed by atoms with Crippen molar-refractivity contribution in [2.24, 2.45) is 0 Å². The fourth-order valence-corrected chi connectivity index (χ4v) is 1.85. The molecule has 1 N–H and O–H groups in total. The number of nitrogens with one attached hydrogen (secondary N) is 1. The first-order chi connectivity index (χ1) is 8.56. The molecule has 0 aliphatic heterocycles. The Hall–Kier alpha value is -1.20. The number of rotatable bonds is 3. The lowest BCUT2D eigenvalue weighted by Gasteiger charge is -2.08. The van der Waals surface area contributed by atoms with Crippen molar-refractivity contribution < 1.29 is 8.78 Å². The van der Waals surface area contributed by atoms with Gasteiger partial charge in [0.2, 0.25) is 0 Å². The Balaban J connectivity index is 2.11. The third-order valence-corrected chi connectivity index (χ3v) is 3.42. The molecule has 6 heteroatoms. The van der Waals surface area contributed by atoms with Gasteiger partial charge in [-0.2, -0.15) is 0 Å². The first-order valence-electron chi connectivity index (χ1n) is 5.05. The largest absolute Gasteiger partial charge is 0.380 e. The minimum atomic E-state index is -0.469. The van der Waals surface area contributed by atoms with Crippen molar-refractivity contribution in [2.75, 3.05) is 5.32 Å². The maximum absolute atomic E-state index is 13.4. The smallest absolute Gasteiger partial charge is 0.143 e. The summed E-state index contributed by atoms with van der Waals surface area (Å²) in [6.45, 7) is 0.166. The van der Waals surface area contributed by atoms with Crippen LogP contribution in [0.1, 0.15) is 5.56 Å². The van der Waals surface area contributed by atoms with E-state index in [0.717, 1.165) is 18.2 Å². The van der Waals surface area contributed by atoms with Crippen molar-refractivity contribution in [1.82, 2.24) is 4.98 Å². The van der Waals surface area contributed by atoms with Gasteiger partial charge in [-0.3, -0.25) is 0 Å². The molecule has 1 aromatic heterocycles. The highest BCUT2D eigenvalue weighted by atomic mass is 79.9. The third-order valence-electron chi connectivity index (χ3n) is 2.29. The Morgan fingerprint density at radius 1 is 1.28 bits per heavy atom. The molecule has 0 unspecified atom stereocenters. The Morgan fingerprint density at radius 2 is 2.06 bits per heavy atom. The minimum absolute atomic E-state index is 0.166. The monoisotopic (exact) mass is 332 g/mol. The Bertz CT molecular complexity index is 578. The molecule has 0 bridgehead atoms. The van der Waals surface area contributed by atoms with Gasteiger partial charge in [0, 0.05) is 12.1 Å². The van der Waals surface area contributed by atoms with E-state index in [1.54, 1.807) is 6.07 Å². The number of anilines is 1. The van der Waals surface area contributed by atoms with E-state index in [1.165, 1.54) is 6.20 Å². The number of hydrogen-bond acceptors (Lipinski definition) is 2. The number of benzene rings is 1. The van der Waals surface area contributed by atoms with E-state index in [1.807, 2.05) is 0 Å². The zero-order valence-electron chi connectivity index (χ0n) is 9.05. The van der Waals surface area contributed by atoms with E-state index in [9.17, 15) is 8.78 Å². The van der Waals surface area contributed by atoms with Crippen molar-refractivity contribution in [3.63, 3.8) is 0 Å². The molecule has 0 saturated heterocycles. The van der Waals surface area contributed by atoms with Crippen LogP contribution in [0.3, 0.4) is 0 Å². The molecule has 94 valence electrons. The molecule has 0 saturated carbocycles. The number of aromatic nitrogens is 1. The summed E-state index contributed by atoms with van der Waals surface area (Å²) in [5.74, 6) is -0.923. The number of pyridine rings is 1. The maximum Gasteiger partial charge on any atom is 0.143 e. The highest BCUT2D eigenvalue weighted by Crippen LogP contribution is 2.23. The van der Waals surface area contributed by atoms with E-state index in [4.69, 9.17) is 11.6 Å². The SMILES string of the molecule is Fc1ccc(F)c(CNc2cnc(Cl)c(Br)c2)c1. The van der Waals surface area contributed by atoms with E-state index < -0.39 is 11.6 Å². The fraction of sp³-hybridized carbons (Fsp3) is 0.0833. The first kappa shape index (κ1) is 13.2. The van der Waals surface area contributed by atoms with Crippen LogP contribution in [0.4, 0.5) is 14.5 Å². The molecule has 0 aliphatic rings. The molecule has 0 aliphatic carbocycles. The Labute approximate surface area is 116 Å². The van der Waals surface area contributed by atoms with Crippen LogP contribution in [0.5, 0.6) is 0 Å². The second-order valence-electron chi connectivity index (χ2n) is 3.59. The van der Waals surface area contributed by atoms with Gasteiger partial charge in [-0.1, -0.05) is 11.6 Å². The minimum Gasteiger partial charge on any atom is -0.380 e. The van der Waals surface area contributed by atoms with Gasteiger partial charge in [0.1, 0.15) is 16.8 Å². The van der Waals surface area contributed by atoms with Crippen LogP contribution in [0.2, 0.25) is 5.15 Å². The maximum atomic E-state index is 13.4. The van der Waals surface area contributed by atoms with Crippen molar-refractivity contribution in [3.05, 3.63) is 57.3 Å². The van der Waals surface area contributed by atoms with Gasteiger partial charge in [-0.05, 0) is 40.2 Å². The van der Waals surface area contributed by atoms with Gasteiger partial charge in [-0.15, -0.1) is 0 Å². The number of hydrogen-bond donors (Lipinski definition) is 1. The molecular weight excluding hydrogens is 325 g/mol. The second kappa shape index (κ2) is 5.63. The normalized spacial score (nSPS) is 10.4. The molecule has 2 nitrogen and oxygen atoms in total. The fourth-order valence-electron chi connectivity index (χ4n) is 1.39. The summed E-state index contributed by atoms with van der Waals surface area (Å²) in [6, 6.07) is 5.05. The molecule has 0 spiro atoms. The molecule has 1 heterocycles. The predicted octanol–water partition coefficient (Wildman–Crippen LogP) is 4.39. The van der Waals surface area contributed by atoms with Gasteiger partial charge >= 0.3 is 0 Å². The quantitative estimate of drug-likeness (QED) is 0.843. The van der Waals surface area contributed by atoms with E-state index in [0.29, 0.717) is 15.3 Å². The van der Waals surface area contributed by atoms with Gasteiger partial charge in [0.05, 0.1) is 16.4 Å². The van der Waals surface area contributed by atoms with Crippen LogP contribution in [-0.2, 0) is 6.54 Å². The summed E-state index contributed by atoms with van der Waals surface area (Å²) in [7, 11) is 0. The van der Waals surface area contributed by atoms with Gasteiger partial charge in [-0.25, -0.2) is 13.8 Å². The highest BCUT2D eigenvalue weighted by molar-refractivity contribution is 9.10. The summed E-state index contributed by atoms with van der Waals surface area (Å²) < 4.78 is 27.0. The molecule has 0 atom stereocenters. The molecule has 0 amide bonds. The molecule has 2 aromatic rings. The van der Waals surface area contributed by atoms with Crippen LogP contribution in [-0.4, -0.2) is 4.98 Å². The predicted molar refractivity (Wildman–Crippen MR) is 70.6 cm³/mol. The van der Waals surface area contributed by atoms with Gasteiger partial charge < -0.3 is 5.32 Å². The van der Waals surface area contributed by atoms with Gasteiger partial charge in [0.25, 0.3) is 0 Å². The average Bonchev–Trinajstić information content (AvgIpc) is 2.34. The Kier molecular flexibility index (Phi) is 4.14. The summed E-state index contributed by atoms with van der Waals surface area (Å²) in [5.41, 5.74) is 0.913. The van der Waals surface area contributed by atoms with Crippen LogP contribution in [0, 0.1) is 11.6 Å². The lowest BCUT2D eigenvalue weighted by molar-refractivity contribution is 0.587. The van der Waals surface area contributed by atoms with Crippen LogP contribution < -0.4 is 5.32 Å². The average molecular weight is 334 g/mol. The van der Waals surface area contributed by atoms with Crippen molar-refractivity contribution in [3.8, 4) is 0 Å². The van der Waals surface area contributed by atoms with E-state index in [-0.39, 0.29) is 12.1 Å². The van der Waals surface area contributed by atoms with Gasteiger partial charge in [0.15, 0.2) is 0 Å². The standard InChI is InChI=1S/C12H8BrClF2N2/c13-10-4-9(6-18-12(10)14)17-5-7-3-8(15)1-2-11(7)16/h1-4,6,17H,5H2. The Morgan fingerprint density at radius 3 is 2.78 bits per heavy atom. The zero-order chi connectivity index (χ0) is 13.1. The molecule has 2 rings (SSSR count). The highest BCUT2D eigenvalue weighted by Gasteiger charge is 2.05. The number of halogens is 4. The third kappa shape index (κ3) is 3.17. The summed E-state index contributed by atoms with van der Waals surface area (Å²) in [5, 5.41) is 3.28. The van der Waals surface area contributed by atoms with Crippen LogP contribution in [0.25, 0.3) is 0 Å². The second-order valence-corrected chi connectivity index (χ2v) is 4.80.